The van der Waals surface area contributed by atoms with Crippen LogP contribution >= 0.6 is 11.6 Å². The molecular formula is C15H22ClNO. The molecule has 1 aromatic rings. The minimum absolute atomic E-state index is 0.446. The number of hydrogen-bond donors (Lipinski definition) is 1. The van der Waals surface area contributed by atoms with Crippen molar-refractivity contribution in [3.8, 4) is 5.75 Å². The van der Waals surface area contributed by atoms with Gasteiger partial charge in [-0.2, -0.15) is 0 Å². The van der Waals surface area contributed by atoms with Gasteiger partial charge in [-0.05, 0) is 49.8 Å². The zero-order chi connectivity index (χ0) is 13.2. The molecular weight excluding hydrogens is 246 g/mol. The average Bonchev–Trinajstić information content (AvgIpc) is 2.62. The van der Waals surface area contributed by atoms with Crippen molar-refractivity contribution in [1.82, 2.24) is 0 Å². The molecule has 0 amide bonds. The van der Waals surface area contributed by atoms with Gasteiger partial charge in [-0.15, -0.1) is 0 Å². The standard InChI is InChI=1S/C15H22ClNO/c1-4-18-14-6-5-11(16)9-13(14)17-12-7-8-15(2,3)10-12/h5-6,9,12,17H,4,7-8,10H2,1-3H3. The topological polar surface area (TPSA) is 21.3 Å². The molecule has 0 saturated heterocycles. The van der Waals surface area contributed by atoms with Gasteiger partial charge in [0.2, 0.25) is 0 Å². The monoisotopic (exact) mass is 267 g/mol. The van der Waals surface area contributed by atoms with Gasteiger partial charge < -0.3 is 10.1 Å². The summed E-state index contributed by atoms with van der Waals surface area (Å²) in [7, 11) is 0. The zero-order valence-electron chi connectivity index (χ0n) is 11.4. The molecule has 1 fully saturated rings. The second-order valence-electron chi connectivity index (χ2n) is 5.82. The minimum Gasteiger partial charge on any atom is -0.492 e. The van der Waals surface area contributed by atoms with Crippen molar-refractivity contribution in [1.29, 1.82) is 0 Å². The number of ether oxygens (including phenoxy) is 1. The lowest BCUT2D eigenvalue weighted by Crippen LogP contribution is -2.18. The Hall–Kier alpha value is -0.890. The first-order chi connectivity index (χ1) is 8.50. The number of anilines is 1. The fraction of sp³-hybridized carbons (Fsp3) is 0.600. The van der Waals surface area contributed by atoms with E-state index >= 15 is 0 Å². The summed E-state index contributed by atoms with van der Waals surface area (Å²) in [6.07, 6.45) is 3.69. The van der Waals surface area contributed by atoms with Crippen LogP contribution in [0, 0.1) is 5.41 Å². The molecule has 1 atom stereocenters. The fourth-order valence-electron chi connectivity index (χ4n) is 2.68. The molecule has 1 unspecified atom stereocenters. The summed E-state index contributed by atoms with van der Waals surface area (Å²) in [6.45, 7) is 7.33. The van der Waals surface area contributed by atoms with E-state index in [1.165, 1.54) is 19.3 Å². The Balaban J connectivity index is 2.10. The normalized spacial score (nSPS) is 21.9. The summed E-state index contributed by atoms with van der Waals surface area (Å²) in [4.78, 5) is 0. The molecule has 18 heavy (non-hydrogen) atoms. The van der Waals surface area contributed by atoms with Crippen molar-refractivity contribution in [2.24, 2.45) is 5.41 Å². The van der Waals surface area contributed by atoms with E-state index in [9.17, 15) is 0 Å². The van der Waals surface area contributed by atoms with E-state index in [0.29, 0.717) is 18.1 Å². The van der Waals surface area contributed by atoms with Crippen LogP contribution in [0.2, 0.25) is 5.02 Å². The summed E-state index contributed by atoms with van der Waals surface area (Å²) < 4.78 is 5.63. The maximum atomic E-state index is 6.06. The minimum atomic E-state index is 0.446. The number of hydrogen-bond acceptors (Lipinski definition) is 2. The summed E-state index contributed by atoms with van der Waals surface area (Å²) in [5.41, 5.74) is 1.47. The van der Waals surface area contributed by atoms with Crippen molar-refractivity contribution in [2.45, 2.75) is 46.1 Å². The summed E-state index contributed by atoms with van der Waals surface area (Å²) in [6, 6.07) is 6.29. The third-order valence-corrected chi connectivity index (χ3v) is 3.80. The molecule has 1 saturated carbocycles. The number of nitrogens with one attached hydrogen (secondary N) is 1. The quantitative estimate of drug-likeness (QED) is 0.852. The molecule has 0 radical (unpaired) electrons. The predicted octanol–water partition coefficient (Wildman–Crippen LogP) is 4.73. The molecule has 0 bridgehead atoms. The lowest BCUT2D eigenvalue weighted by Gasteiger charge is -2.20. The van der Waals surface area contributed by atoms with Gasteiger partial charge in [-0.25, -0.2) is 0 Å². The molecule has 0 spiro atoms. The Bertz CT molecular complexity index is 417. The SMILES string of the molecule is CCOc1ccc(Cl)cc1NC1CCC(C)(C)C1. The molecule has 0 aromatic heterocycles. The van der Waals surface area contributed by atoms with Crippen LogP contribution in [0.1, 0.15) is 40.0 Å². The van der Waals surface area contributed by atoms with Crippen molar-refractivity contribution >= 4 is 17.3 Å². The summed E-state index contributed by atoms with van der Waals surface area (Å²) >= 11 is 6.06. The third-order valence-electron chi connectivity index (χ3n) is 3.57. The lowest BCUT2D eigenvalue weighted by molar-refractivity contribution is 0.341. The second kappa shape index (κ2) is 5.40. The van der Waals surface area contributed by atoms with Crippen LogP contribution in [-0.2, 0) is 0 Å². The molecule has 3 heteroatoms. The van der Waals surface area contributed by atoms with E-state index < -0.39 is 0 Å². The van der Waals surface area contributed by atoms with E-state index in [1.807, 2.05) is 25.1 Å². The van der Waals surface area contributed by atoms with E-state index in [4.69, 9.17) is 16.3 Å². The van der Waals surface area contributed by atoms with Crippen LogP contribution in [0.25, 0.3) is 0 Å². The maximum absolute atomic E-state index is 6.06. The Labute approximate surface area is 115 Å². The van der Waals surface area contributed by atoms with Crippen molar-refractivity contribution in [3.63, 3.8) is 0 Å². The van der Waals surface area contributed by atoms with Gasteiger partial charge in [0, 0.05) is 11.1 Å². The molecule has 1 aromatic carbocycles. The van der Waals surface area contributed by atoms with Crippen LogP contribution in [0.5, 0.6) is 5.75 Å². The second-order valence-corrected chi connectivity index (χ2v) is 6.26. The van der Waals surface area contributed by atoms with Gasteiger partial charge in [0.15, 0.2) is 0 Å². The number of benzene rings is 1. The van der Waals surface area contributed by atoms with Gasteiger partial charge in [0.25, 0.3) is 0 Å². The molecule has 1 N–H and O–H groups in total. The van der Waals surface area contributed by atoms with E-state index in [0.717, 1.165) is 16.5 Å². The first-order valence-electron chi connectivity index (χ1n) is 6.69. The summed E-state index contributed by atoms with van der Waals surface area (Å²) in [5.74, 6) is 0.895. The van der Waals surface area contributed by atoms with Gasteiger partial charge >= 0.3 is 0 Å². The van der Waals surface area contributed by atoms with Crippen LogP contribution in [-0.4, -0.2) is 12.6 Å². The Morgan fingerprint density at radius 2 is 2.22 bits per heavy atom. The molecule has 100 valence electrons. The van der Waals surface area contributed by atoms with Crippen molar-refractivity contribution < 1.29 is 4.74 Å². The lowest BCUT2D eigenvalue weighted by atomic mass is 9.92. The largest absolute Gasteiger partial charge is 0.492 e. The van der Waals surface area contributed by atoms with Crippen LogP contribution in [0.15, 0.2) is 18.2 Å². The van der Waals surface area contributed by atoms with E-state index in [2.05, 4.69) is 19.2 Å². The van der Waals surface area contributed by atoms with Gasteiger partial charge in [-0.1, -0.05) is 25.4 Å². The zero-order valence-corrected chi connectivity index (χ0v) is 12.2. The highest BCUT2D eigenvalue weighted by molar-refractivity contribution is 6.30. The molecule has 0 heterocycles. The number of halogens is 1. The Morgan fingerprint density at radius 3 is 2.83 bits per heavy atom. The summed E-state index contributed by atoms with van der Waals surface area (Å²) in [5, 5.41) is 4.33. The van der Waals surface area contributed by atoms with Crippen molar-refractivity contribution in [2.75, 3.05) is 11.9 Å². The third kappa shape index (κ3) is 3.32. The molecule has 2 rings (SSSR count). The molecule has 0 aliphatic heterocycles. The number of rotatable bonds is 4. The Kier molecular flexibility index (Phi) is 4.06. The first-order valence-corrected chi connectivity index (χ1v) is 7.07. The van der Waals surface area contributed by atoms with Gasteiger partial charge in [-0.3, -0.25) is 0 Å². The fourth-order valence-corrected chi connectivity index (χ4v) is 2.85. The van der Waals surface area contributed by atoms with Crippen LogP contribution in [0.3, 0.4) is 0 Å². The van der Waals surface area contributed by atoms with E-state index in [1.54, 1.807) is 0 Å². The highest BCUT2D eigenvalue weighted by Gasteiger charge is 2.31. The first kappa shape index (κ1) is 13.5. The highest BCUT2D eigenvalue weighted by Crippen LogP contribution is 2.39. The Morgan fingerprint density at radius 1 is 1.44 bits per heavy atom. The highest BCUT2D eigenvalue weighted by atomic mass is 35.5. The van der Waals surface area contributed by atoms with Crippen molar-refractivity contribution in [3.05, 3.63) is 23.2 Å². The van der Waals surface area contributed by atoms with Gasteiger partial charge in [0.05, 0.1) is 12.3 Å². The maximum Gasteiger partial charge on any atom is 0.142 e. The average molecular weight is 268 g/mol. The molecule has 2 nitrogen and oxygen atoms in total. The van der Waals surface area contributed by atoms with Crippen LogP contribution < -0.4 is 10.1 Å². The molecule has 1 aliphatic rings. The van der Waals surface area contributed by atoms with Crippen LogP contribution in [0.4, 0.5) is 5.69 Å². The van der Waals surface area contributed by atoms with E-state index in [-0.39, 0.29) is 0 Å². The molecule has 1 aliphatic carbocycles. The predicted molar refractivity (Wildman–Crippen MR) is 77.7 cm³/mol. The van der Waals surface area contributed by atoms with Gasteiger partial charge in [0.1, 0.15) is 5.75 Å². The smallest absolute Gasteiger partial charge is 0.142 e.